The smallest absolute Gasteiger partial charge is 0.232 e. The van der Waals surface area contributed by atoms with E-state index in [1.807, 2.05) is 55.5 Å². The van der Waals surface area contributed by atoms with E-state index < -0.39 is 12.0 Å². The third-order valence-corrected chi connectivity index (χ3v) is 3.99. The lowest BCUT2D eigenvalue weighted by molar-refractivity contribution is -0.128. The zero-order chi connectivity index (χ0) is 15.7. The molecule has 1 heterocycles. The topological polar surface area (TPSA) is 49.8 Å². The highest BCUT2D eigenvalue weighted by Crippen LogP contribution is 2.36. The molecule has 2 unspecified atom stereocenters. The number of amides is 1. The summed E-state index contributed by atoms with van der Waals surface area (Å²) in [5.41, 5.74) is 1.88. The molecule has 2 aromatic carbocycles. The molecule has 1 aliphatic heterocycles. The van der Waals surface area contributed by atoms with Crippen molar-refractivity contribution in [3.63, 3.8) is 0 Å². The monoisotopic (exact) mass is 297 g/mol. The van der Waals surface area contributed by atoms with Gasteiger partial charge in [0.15, 0.2) is 0 Å². The number of benzene rings is 2. The Morgan fingerprint density at radius 2 is 1.82 bits per heavy atom. The highest BCUT2D eigenvalue weighted by molar-refractivity contribution is 5.87. The molecular weight excluding hydrogens is 278 g/mol. The summed E-state index contributed by atoms with van der Waals surface area (Å²) in [5.74, 6) is 0.685. The number of carbonyl (C=O) groups excluding carboxylic acids is 1. The van der Waals surface area contributed by atoms with Crippen molar-refractivity contribution in [3.05, 3.63) is 59.7 Å². The lowest BCUT2D eigenvalue weighted by Crippen LogP contribution is -2.22. The second kappa shape index (κ2) is 5.81. The van der Waals surface area contributed by atoms with Crippen molar-refractivity contribution in [2.45, 2.75) is 18.9 Å². The van der Waals surface area contributed by atoms with E-state index in [-0.39, 0.29) is 5.91 Å². The van der Waals surface area contributed by atoms with Gasteiger partial charge in [-0.1, -0.05) is 35.9 Å². The van der Waals surface area contributed by atoms with Crippen LogP contribution in [0.15, 0.2) is 48.5 Å². The van der Waals surface area contributed by atoms with Crippen LogP contribution in [-0.2, 0) is 4.79 Å². The fraction of sp³-hybridized carbons (Fsp3) is 0.278. The van der Waals surface area contributed by atoms with Crippen molar-refractivity contribution in [1.82, 2.24) is 4.90 Å². The van der Waals surface area contributed by atoms with E-state index in [0.29, 0.717) is 18.0 Å². The summed E-state index contributed by atoms with van der Waals surface area (Å²) >= 11 is 0. The molecule has 0 saturated carbocycles. The van der Waals surface area contributed by atoms with Crippen LogP contribution in [0.4, 0.5) is 0 Å². The number of β-amino-alcohol motifs (C(OH)–C–C–N with tert-alkyl or cyclic N) is 1. The number of aliphatic hydroxyl groups is 1. The van der Waals surface area contributed by atoms with E-state index in [4.69, 9.17) is 4.74 Å². The second-order valence-electron chi connectivity index (χ2n) is 5.72. The lowest BCUT2D eigenvalue weighted by Gasteiger charge is -2.17. The number of aryl methyl sites for hydroxylation is 1. The fourth-order valence-electron chi connectivity index (χ4n) is 2.78. The van der Waals surface area contributed by atoms with Gasteiger partial charge in [-0.3, -0.25) is 4.79 Å². The standard InChI is InChI=1S/C18H19NO3/c1-12-7-9-13(10-8-12)22-16-6-4-3-5-14(16)17-15(20)11-19(2)18(17)21/h3-10,15,17,20H,11H2,1-2H3. The first-order valence-electron chi connectivity index (χ1n) is 7.33. The van der Waals surface area contributed by atoms with Crippen LogP contribution >= 0.6 is 0 Å². The maximum atomic E-state index is 12.3. The highest BCUT2D eigenvalue weighted by Gasteiger charge is 2.40. The number of hydrogen-bond acceptors (Lipinski definition) is 3. The zero-order valence-electron chi connectivity index (χ0n) is 12.7. The van der Waals surface area contributed by atoms with Gasteiger partial charge in [0.2, 0.25) is 5.91 Å². The van der Waals surface area contributed by atoms with Gasteiger partial charge in [0, 0.05) is 19.2 Å². The maximum Gasteiger partial charge on any atom is 0.232 e. The van der Waals surface area contributed by atoms with Gasteiger partial charge in [0.25, 0.3) is 0 Å². The first kappa shape index (κ1) is 14.6. The lowest BCUT2D eigenvalue weighted by atomic mass is 9.94. The van der Waals surface area contributed by atoms with Gasteiger partial charge in [0.1, 0.15) is 11.5 Å². The summed E-state index contributed by atoms with van der Waals surface area (Å²) in [4.78, 5) is 13.8. The molecule has 1 fully saturated rings. The molecule has 0 aliphatic carbocycles. The minimum absolute atomic E-state index is 0.0764. The van der Waals surface area contributed by atoms with Crippen molar-refractivity contribution in [2.24, 2.45) is 0 Å². The first-order chi connectivity index (χ1) is 10.6. The minimum atomic E-state index is -0.708. The summed E-state index contributed by atoms with van der Waals surface area (Å²) in [5, 5.41) is 10.2. The van der Waals surface area contributed by atoms with Crippen molar-refractivity contribution >= 4 is 5.91 Å². The molecule has 1 amide bonds. The molecule has 114 valence electrons. The predicted molar refractivity (Wildman–Crippen MR) is 84.1 cm³/mol. The van der Waals surface area contributed by atoms with Crippen molar-refractivity contribution < 1.29 is 14.6 Å². The third kappa shape index (κ3) is 2.70. The molecule has 22 heavy (non-hydrogen) atoms. The van der Waals surface area contributed by atoms with Crippen LogP contribution in [0, 0.1) is 6.92 Å². The number of nitrogens with zero attached hydrogens (tertiary/aromatic N) is 1. The number of aliphatic hydroxyl groups excluding tert-OH is 1. The number of para-hydroxylation sites is 1. The van der Waals surface area contributed by atoms with Crippen LogP contribution in [0.2, 0.25) is 0 Å². The Labute approximate surface area is 130 Å². The summed E-state index contributed by atoms with van der Waals surface area (Å²) in [6, 6.07) is 15.1. The Bertz CT molecular complexity index is 681. The Kier molecular flexibility index (Phi) is 3.86. The van der Waals surface area contributed by atoms with Crippen LogP contribution in [0.5, 0.6) is 11.5 Å². The van der Waals surface area contributed by atoms with Crippen molar-refractivity contribution in [1.29, 1.82) is 0 Å². The number of likely N-dealkylation sites (tertiary alicyclic amines) is 1. The van der Waals surface area contributed by atoms with Gasteiger partial charge < -0.3 is 14.7 Å². The van der Waals surface area contributed by atoms with Gasteiger partial charge in [0.05, 0.1) is 12.0 Å². The molecule has 1 N–H and O–H groups in total. The van der Waals surface area contributed by atoms with Crippen molar-refractivity contribution in [3.8, 4) is 11.5 Å². The van der Waals surface area contributed by atoms with E-state index in [9.17, 15) is 9.90 Å². The van der Waals surface area contributed by atoms with Gasteiger partial charge in [-0.05, 0) is 25.1 Å². The van der Waals surface area contributed by atoms with Gasteiger partial charge in [-0.15, -0.1) is 0 Å². The molecular formula is C18H19NO3. The molecule has 1 saturated heterocycles. The zero-order valence-corrected chi connectivity index (χ0v) is 12.7. The van der Waals surface area contributed by atoms with E-state index in [1.165, 1.54) is 0 Å². The van der Waals surface area contributed by atoms with E-state index >= 15 is 0 Å². The Balaban J connectivity index is 1.93. The summed E-state index contributed by atoms with van der Waals surface area (Å²) in [6.07, 6.45) is -0.708. The highest BCUT2D eigenvalue weighted by atomic mass is 16.5. The molecule has 1 aliphatic rings. The Morgan fingerprint density at radius 3 is 2.45 bits per heavy atom. The Hall–Kier alpha value is -2.33. The van der Waals surface area contributed by atoms with E-state index in [1.54, 1.807) is 11.9 Å². The quantitative estimate of drug-likeness (QED) is 0.947. The number of rotatable bonds is 3. The van der Waals surface area contributed by atoms with Gasteiger partial charge in [-0.25, -0.2) is 0 Å². The molecule has 2 aromatic rings. The van der Waals surface area contributed by atoms with Gasteiger partial charge in [-0.2, -0.15) is 0 Å². The molecule has 4 heteroatoms. The molecule has 0 spiro atoms. The second-order valence-corrected chi connectivity index (χ2v) is 5.72. The van der Waals surface area contributed by atoms with Crippen LogP contribution in [-0.4, -0.2) is 35.6 Å². The normalized spacial score (nSPS) is 21.2. The average molecular weight is 297 g/mol. The Morgan fingerprint density at radius 1 is 1.14 bits per heavy atom. The number of ether oxygens (including phenoxy) is 1. The summed E-state index contributed by atoms with van der Waals surface area (Å²) in [6.45, 7) is 2.36. The molecule has 0 bridgehead atoms. The van der Waals surface area contributed by atoms with Crippen LogP contribution in [0.25, 0.3) is 0 Å². The van der Waals surface area contributed by atoms with Crippen LogP contribution in [0.3, 0.4) is 0 Å². The molecule has 0 radical (unpaired) electrons. The van der Waals surface area contributed by atoms with Crippen molar-refractivity contribution in [2.75, 3.05) is 13.6 Å². The molecule has 4 nitrogen and oxygen atoms in total. The molecule has 0 aromatic heterocycles. The number of carbonyl (C=O) groups is 1. The average Bonchev–Trinajstić information content (AvgIpc) is 2.75. The van der Waals surface area contributed by atoms with Gasteiger partial charge >= 0.3 is 0 Å². The molecule has 2 atom stereocenters. The number of hydrogen-bond donors (Lipinski definition) is 1. The number of likely N-dealkylation sites (N-methyl/N-ethyl adjacent to an activating group) is 1. The minimum Gasteiger partial charge on any atom is -0.457 e. The fourth-order valence-corrected chi connectivity index (χ4v) is 2.78. The maximum absolute atomic E-state index is 12.3. The summed E-state index contributed by atoms with van der Waals surface area (Å²) in [7, 11) is 1.70. The van der Waals surface area contributed by atoms with E-state index in [2.05, 4.69) is 0 Å². The SMILES string of the molecule is Cc1ccc(Oc2ccccc2C2C(=O)N(C)CC2O)cc1. The third-order valence-electron chi connectivity index (χ3n) is 3.99. The molecule has 3 rings (SSSR count). The van der Waals surface area contributed by atoms with Crippen LogP contribution < -0.4 is 4.74 Å². The first-order valence-corrected chi connectivity index (χ1v) is 7.33. The summed E-state index contributed by atoms with van der Waals surface area (Å²) < 4.78 is 5.93. The van der Waals surface area contributed by atoms with Crippen LogP contribution in [0.1, 0.15) is 17.0 Å². The van der Waals surface area contributed by atoms with E-state index in [0.717, 1.165) is 11.1 Å². The largest absolute Gasteiger partial charge is 0.457 e. The predicted octanol–water partition coefficient (Wildman–Crippen LogP) is 2.70.